The van der Waals surface area contributed by atoms with E-state index in [1.54, 1.807) is 6.07 Å². The Morgan fingerprint density at radius 2 is 2.00 bits per heavy atom. The fourth-order valence-corrected chi connectivity index (χ4v) is 2.24. The lowest BCUT2D eigenvalue weighted by atomic mass is 9.93. The van der Waals surface area contributed by atoms with Gasteiger partial charge in [0.05, 0.1) is 5.69 Å². The van der Waals surface area contributed by atoms with Crippen molar-refractivity contribution in [2.24, 2.45) is 5.73 Å². The van der Waals surface area contributed by atoms with Gasteiger partial charge in [-0.05, 0) is 13.5 Å². The van der Waals surface area contributed by atoms with Crippen LogP contribution in [0.2, 0.25) is 0 Å². The predicted octanol–water partition coefficient (Wildman–Crippen LogP) is 1.31. The molecular weight excluding hydrogens is 240 g/mol. The van der Waals surface area contributed by atoms with Crippen LogP contribution < -0.4 is 11.3 Å². The molecule has 0 aliphatic rings. The summed E-state index contributed by atoms with van der Waals surface area (Å²) >= 11 is 0. The topological polar surface area (TPSA) is 65.3 Å². The zero-order valence-corrected chi connectivity index (χ0v) is 12.1. The van der Waals surface area contributed by atoms with Crippen LogP contribution in [-0.2, 0) is 18.4 Å². The van der Waals surface area contributed by atoms with Gasteiger partial charge >= 0.3 is 0 Å². The van der Waals surface area contributed by atoms with Crippen LogP contribution >= 0.6 is 0 Å². The van der Waals surface area contributed by atoms with E-state index in [1.165, 1.54) is 4.52 Å². The first-order valence-electron chi connectivity index (χ1n) is 6.71. The van der Waals surface area contributed by atoms with Gasteiger partial charge in [-0.15, -0.1) is 0 Å². The van der Waals surface area contributed by atoms with Crippen LogP contribution in [0.1, 0.15) is 39.1 Å². The number of nitrogens with two attached hydrogens (primary N) is 1. The minimum absolute atomic E-state index is 0.0714. The first kappa shape index (κ1) is 13.8. The Balaban J connectivity index is 2.76. The molecule has 5 heteroatoms. The van der Waals surface area contributed by atoms with E-state index in [0.717, 1.165) is 23.6 Å². The molecule has 104 valence electrons. The molecule has 2 rings (SSSR count). The molecule has 0 atom stereocenters. The average molecular weight is 262 g/mol. The molecule has 0 saturated carbocycles. The maximum Gasteiger partial charge on any atom is 0.274 e. The molecule has 0 fully saturated rings. The molecule has 0 radical (unpaired) electrons. The highest BCUT2D eigenvalue weighted by atomic mass is 16.1. The van der Waals surface area contributed by atoms with Gasteiger partial charge in [0.15, 0.2) is 0 Å². The Kier molecular flexibility index (Phi) is 3.49. The van der Waals surface area contributed by atoms with Crippen LogP contribution in [-0.4, -0.2) is 20.7 Å². The monoisotopic (exact) mass is 262 g/mol. The molecule has 0 aromatic carbocycles. The van der Waals surface area contributed by atoms with E-state index in [4.69, 9.17) is 5.73 Å². The molecule has 2 aromatic heterocycles. The maximum absolute atomic E-state index is 12.1. The number of fused-ring (bicyclic) bond motifs is 1. The van der Waals surface area contributed by atoms with Crippen molar-refractivity contribution >= 4 is 5.65 Å². The molecule has 5 nitrogen and oxygen atoms in total. The Hall–Kier alpha value is -1.62. The number of nitrogens with zero attached hydrogens (tertiary/aromatic N) is 3. The summed E-state index contributed by atoms with van der Waals surface area (Å²) < 4.78 is 3.60. The highest BCUT2D eigenvalue weighted by molar-refractivity contribution is 5.43. The van der Waals surface area contributed by atoms with Crippen LogP contribution in [0.3, 0.4) is 0 Å². The van der Waals surface area contributed by atoms with Gasteiger partial charge in [0, 0.05) is 36.2 Å². The molecule has 0 unspecified atom stereocenters. The summed E-state index contributed by atoms with van der Waals surface area (Å²) in [5, 5.41) is 4.45. The highest BCUT2D eigenvalue weighted by Gasteiger charge is 2.20. The van der Waals surface area contributed by atoms with Gasteiger partial charge in [-0.1, -0.05) is 20.8 Å². The summed E-state index contributed by atoms with van der Waals surface area (Å²) in [6.07, 6.45) is 0.704. The van der Waals surface area contributed by atoms with Gasteiger partial charge < -0.3 is 10.3 Å². The lowest BCUT2D eigenvalue weighted by molar-refractivity contribution is 0.561. The summed E-state index contributed by atoms with van der Waals surface area (Å²) in [4.78, 5) is 12.1. The average Bonchev–Trinajstić information content (AvgIpc) is 2.75. The minimum atomic E-state index is -0.0846. The first-order valence-corrected chi connectivity index (χ1v) is 6.71. The second-order valence-corrected chi connectivity index (χ2v) is 5.81. The Bertz CT molecular complexity index is 646. The van der Waals surface area contributed by atoms with Gasteiger partial charge in [0.25, 0.3) is 5.56 Å². The van der Waals surface area contributed by atoms with Crippen molar-refractivity contribution in [3.8, 4) is 0 Å². The Labute approximate surface area is 113 Å². The normalized spacial score (nSPS) is 12.3. The van der Waals surface area contributed by atoms with Gasteiger partial charge in [0.1, 0.15) is 5.65 Å². The van der Waals surface area contributed by atoms with Crippen molar-refractivity contribution in [2.45, 2.75) is 46.1 Å². The smallest absolute Gasteiger partial charge is 0.274 e. The fraction of sp³-hybridized carbons (Fsp3) is 0.571. The third kappa shape index (κ3) is 2.42. The Morgan fingerprint density at radius 3 is 2.53 bits per heavy atom. The van der Waals surface area contributed by atoms with E-state index in [1.807, 2.05) is 6.07 Å². The number of aromatic nitrogens is 3. The van der Waals surface area contributed by atoms with Gasteiger partial charge in [-0.3, -0.25) is 4.79 Å². The predicted molar refractivity (Wildman–Crippen MR) is 76.6 cm³/mol. The summed E-state index contributed by atoms with van der Waals surface area (Å²) in [6, 6.07) is 3.65. The highest BCUT2D eigenvalue weighted by Crippen LogP contribution is 2.22. The van der Waals surface area contributed by atoms with Crippen LogP contribution in [0.4, 0.5) is 0 Å². The van der Waals surface area contributed by atoms with Crippen molar-refractivity contribution < 1.29 is 0 Å². The van der Waals surface area contributed by atoms with Crippen molar-refractivity contribution in [1.29, 1.82) is 0 Å². The van der Waals surface area contributed by atoms with Crippen molar-refractivity contribution in [1.82, 2.24) is 14.2 Å². The zero-order valence-electron chi connectivity index (χ0n) is 12.1. The molecule has 0 spiro atoms. The standard InChI is InChI=1S/C14H22N4O/c1-5-17-10(6-7-15)8-13(19)18-12(17)9-11(16-18)14(2,3)4/h8-9H,5-7,15H2,1-4H3. The van der Waals surface area contributed by atoms with Gasteiger partial charge in [-0.25, -0.2) is 0 Å². The third-order valence-corrected chi connectivity index (χ3v) is 3.30. The van der Waals surface area contributed by atoms with Crippen molar-refractivity contribution in [3.05, 3.63) is 33.9 Å². The lowest BCUT2D eigenvalue weighted by Crippen LogP contribution is -2.22. The lowest BCUT2D eigenvalue weighted by Gasteiger charge is -2.13. The van der Waals surface area contributed by atoms with Gasteiger partial charge in [0.2, 0.25) is 0 Å². The van der Waals surface area contributed by atoms with Crippen LogP contribution in [0.15, 0.2) is 16.9 Å². The molecule has 0 amide bonds. The molecule has 0 aliphatic carbocycles. The van der Waals surface area contributed by atoms with E-state index < -0.39 is 0 Å². The molecular formula is C14H22N4O. The summed E-state index contributed by atoms with van der Waals surface area (Å²) in [7, 11) is 0. The quantitative estimate of drug-likeness (QED) is 0.907. The summed E-state index contributed by atoms with van der Waals surface area (Å²) in [5.74, 6) is 0. The van der Waals surface area contributed by atoms with Crippen LogP contribution in [0, 0.1) is 0 Å². The number of aryl methyl sites for hydroxylation is 1. The van der Waals surface area contributed by atoms with E-state index in [-0.39, 0.29) is 11.0 Å². The molecule has 2 N–H and O–H groups in total. The van der Waals surface area contributed by atoms with Crippen molar-refractivity contribution in [3.63, 3.8) is 0 Å². The van der Waals surface area contributed by atoms with E-state index in [2.05, 4.69) is 37.4 Å². The number of rotatable bonds is 3. The van der Waals surface area contributed by atoms with Crippen LogP contribution in [0.5, 0.6) is 0 Å². The van der Waals surface area contributed by atoms with E-state index in [9.17, 15) is 4.79 Å². The third-order valence-electron chi connectivity index (χ3n) is 3.30. The Morgan fingerprint density at radius 1 is 1.32 bits per heavy atom. The SMILES string of the molecule is CCn1c(CCN)cc(=O)n2nc(C(C)(C)C)cc12. The molecule has 0 aliphatic heterocycles. The minimum Gasteiger partial charge on any atom is -0.330 e. The number of hydrogen-bond donors (Lipinski definition) is 1. The second-order valence-electron chi connectivity index (χ2n) is 5.81. The molecule has 19 heavy (non-hydrogen) atoms. The molecule has 0 saturated heterocycles. The second kappa shape index (κ2) is 4.81. The fourth-order valence-electron chi connectivity index (χ4n) is 2.24. The maximum atomic E-state index is 12.1. The first-order chi connectivity index (χ1) is 8.88. The molecule has 0 bridgehead atoms. The molecule has 2 heterocycles. The zero-order chi connectivity index (χ0) is 14.2. The van der Waals surface area contributed by atoms with E-state index in [0.29, 0.717) is 13.0 Å². The van der Waals surface area contributed by atoms with E-state index >= 15 is 0 Å². The number of hydrogen-bond acceptors (Lipinski definition) is 3. The molecule has 2 aromatic rings. The van der Waals surface area contributed by atoms with Crippen LogP contribution in [0.25, 0.3) is 5.65 Å². The summed E-state index contributed by atoms with van der Waals surface area (Å²) in [5.41, 5.74) is 8.21. The van der Waals surface area contributed by atoms with Crippen molar-refractivity contribution in [2.75, 3.05) is 6.54 Å². The largest absolute Gasteiger partial charge is 0.330 e. The van der Waals surface area contributed by atoms with Gasteiger partial charge in [-0.2, -0.15) is 9.61 Å². The summed E-state index contributed by atoms with van der Waals surface area (Å²) in [6.45, 7) is 9.68.